The van der Waals surface area contributed by atoms with Crippen LogP contribution in [-0.2, 0) is 14.6 Å². The van der Waals surface area contributed by atoms with Crippen molar-refractivity contribution in [1.29, 1.82) is 0 Å². The average molecular weight is 376 g/mol. The molecule has 0 spiro atoms. The van der Waals surface area contributed by atoms with Crippen LogP contribution in [0.3, 0.4) is 0 Å². The summed E-state index contributed by atoms with van der Waals surface area (Å²) in [6.45, 7) is 12.3. The van der Waals surface area contributed by atoms with Crippen LogP contribution in [0.15, 0.2) is 0 Å². The van der Waals surface area contributed by atoms with Gasteiger partial charge in [0.1, 0.15) is 5.60 Å². The summed E-state index contributed by atoms with van der Waals surface area (Å²) in [5.74, 6) is 0.579. The van der Waals surface area contributed by atoms with Gasteiger partial charge in [0.2, 0.25) is 0 Å². The van der Waals surface area contributed by atoms with Gasteiger partial charge >= 0.3 is 6.09 Å². The lowest BCUT2D eigenvalue weighted by atomic mass is 10.2. The maximum absolute atomic E-state index is 12.2. The van der Waals surface area contributed by atoms with Crippen LogP contribution in [0, 0.1) is 0 Å². The predicted molar refractivity (Wildman–Crippen MR) is 98.6 cm³/mol. The molecule has 0 bridgehead atoms. The van der Waals surface area contributed by atoms with Gasteiger partial charge in [0.05, 0.1) is 11.5 Å². The van der Waals surface area contributed by atoms with Crippen molar-refractivity contribution in [2.24, 2.45) is 0 Å². The Morgan fingerprint density at radius 2 is 1.36 bits per heavy atom. The quantitative estimate of drug-likeness (QED) is 0.734. The van der Waals surface area contributed by atoms with Gasteiger partial charge in [-0.05, 0) is 46.7 Å². The van der Waals surface area contributed by atoms with E-state index in [1.807, 2.05) is 25.7 Å². The third kappa shape index (κ3) is 7.50. The molecule has 0 aromatic rings. The fourth-order valence-corrected chi connectivity index (χ4v) is 4.46. The minimum atomic E-state index is -2.80. The Kier molecular flexibility index (Phi) is 7.10. The van der Waals surface area contributed by atoms with Crippen LogP contribution in [0.4, 0.5) is 4.79 Å². The zero-order valence-corrected chi connectivity index (χ0v) is 16.7. The van der Waals surface area contributed by atoms with Crippen LogP contribution in [0.5, 0.6) is 0 Å². The Morgan fingerprint density at radius 3 is 1.84 bits per heavy atom. The number of hydrogen-bond donors (Lipinski definition) is 0. The van der Waals surface area contributed by atoms with Crippen molar-refractivity contribution in [3.8, 4) is 0 Å². The van der Waals surface area contributed by atoms with E-state index in [1.54, 1.807) is 0 Å². The minimum absolute atomic E-state index is 0.213. The van der Waals surface area contributed by atoms with Crippen molar-refractivity contribution in [2.45, 2.75) is 39.2 Å². The molecule has 7 nitrogen and oxygen atoms in total. The second kappa shape index (κ2) is 8.68. The Hall–Kier alpha value is -0.860. The van der Waals surface area contributed by atoms with Crippen molar-refractivity contribution in [2.75, 3.05) is 63.9 Å². The molecule has 0 radical (unpaired) electrons. The Morgan fingerprint density at radius 1 is 0.880 bits per heavy atom. The SMILES string of the molecule is CC(C)(C)OC(=O)N1CCCN(CCN2CCS(=O)(=O)CC2)CCC1. The molecule has 2 aliphatic heterocycles. The van der Waals surface area contributed by atoms with Crippen LogP contribution in [-0.4, -0.2) is 98.7 Å². The van der Waals surface area contributed by atoms with E-state index in [9.17, 15) is 13.2 Å². The van der Waals surface area contributed by atoms with Crippen LogP contribution in [0.25, 0.3) is 0 Å². The molecule has 1 amide bonds. The fraction of sp³-hybridized carbons (Fsp3) is 0.941. The molecule has 25 heavy (non-hydrogen) atoms. The molecule has 0 saturated carbocycles. The monoisotopic (exact) mass is 375 g/mol. The van der Waals surface area contributed by atoms with E-state index < -0.39 is 15.4 Å². The molecule has 2 rings (SSSR count). The van der Waals surface area contributed by atoms with Crippen LogP contribution < -0.4 is 0 Å². The molecule has 0 N–H and O–H groups in total. The first-order chi connectivity index (χ1) is 11.6. The lowest BCUT2D eigenvalue weighted by molar-refractivity contribution is 0.0216. The zero-order chi connectivity index (χ0) is 18.5. The van der Waals surface area contributed by atoms with Gasteiger partial charge in [-0.2, -0.15) is 0 Å². The molecule has 2 fully saturated rings. The number of rotatable bonds is 3. The topological polar surface area (TPSA) is 70.2 Å². The summed E-state index contributed by atoms with van der Waals surface area (Å²) in [7, 11) is -2.80. The molecule has 8 heteroatoms. The second-order valence-corrected chi connectivity index (χ2v) is 10.3. The number of nitrogens with zero attached hydrogens (tertiary/aromatic N) is 3. The van der Waals surface area contributed by atoms with Gasteiger partial charge in [-0.15, -0.1) is 0 Å². The highest BCUT2D eigenvalue weighted by Crippen LogP contribution is 2.12. The molecule has 0 atom stereocenters. The maximum atomic E-state index is 12.2. The summed E-state index contributed by atoms with van der Waals surface area (Å²) in [4.78, 5) is 18.7. The first kappa shape index (κ1) is 20.5. The molecular formula is C17H33N3O4S. The largest absolute Gasteiger partial charge is 0.444 e. The molecule has 2 heterocycles. The summed E-state index contributed by atoms with van der Waals surface area (Å²) in [5, 5.41) is 0. The summed E-state index contributed by atoms with van der Waals surface area (Å²) < 4.78 is 28.4. The number of carbonyl (C=O) groups excluding carboxylic acids is 1. The number of carbonyl (C=O) groups is 1. The summed E-state index contributed by atoms with van der Waals surface area (Å²) >= 11 is 0. The van der Waals surface area contributed by atoms with E-state index in [4.69, 9.17) is 4.74 Å². The van der Waals surface area contributed by atoms with Crippen LogP contribution in [0.2, 0.25) is 0 Å². The second-order valence-electron chi connectivity index (χ2n) is 8.01. The lowest BCUT2D eigenvalue weighted by Gasteiger charge is -2.33. The fourth-order valence-electron chi connectivity index (χ4n) is 3.18. The van der Waals surface area contributed by atoms with Gasteiger partial charge in [0.25, 0.3) is 0 Å². The van der Waals surface area contributed by atoms with Crippen molar-refractivity contribution in [3.05, 3.63) is 0 Å². The third-order valence-electron chi connectivity index (χ3n) is 4.63. The smallest absolute Gasteiger partial charge is 0.410 e. The first-order valence-corrected chi connectivity index (χ1v) is 11.1. The van der Waals surface area contributed by atoms with Gasteiger partial charge in [0, 0.05) is 39.3 Å². The molecule has 146 valence electrons. The van der Waals surface area contributed by atoms with Gasteiger partial charge < -0.3 is 19.4 Å². The summed E-state index contributed by atoms with van der Waals surface area (Å²) in [6.07, 6.45) is 1.66. The van der Waals surface area contributed by atoms with E-state index in [0.717, 1.165) is 52.1 Å². The highest BCUT2D eigenvalue weighted by Gasteiger charge is 2.24. The zero-order valence-electron chi connectivity index (χ0n) is 15.9. The highest BCUT2D eigenvalue weighted by atomic mass is 32.2. The van der Waals surface area contributed by atoms with Crippen molar-refractivity contribution in [1.82, 2.24) is 14.7 Å². The van der Waals surface area contributed by atoms with Gasteiger partial charge in [-0.1, -0.05) is 0 Å². The van der Waals surface area contributed by atoms with E-state index in [2.05, 4.69) is 9.80 Å². The van der Waals surface area contributed by atoms with E-state index in [-0.39, 0.29) is 17.6 Å². The van der Waals surface area contributed by atoms with Crippen LogP contribution in [0.1, 0.15) is 33.6 Å². The molecule has 0 aliphatic carbocycles. The number of sulfone groups is 1. The van der Waals surface area contributed by atoms with Crippen molar-refractivity contribution in [3.63, 3.8) is 0 Å². The summed E-state index contributed by atoms with van der Waals surface area (Å²) in [5.41, 5.74) is -0.451. The number of amides is 1. The minimum Gasteiger partial charge on any atom is -0.444 e. The number of hydrogen-bond acceptors (Lipinski definition) is 6. The third-order valence-corrected chi connectivity index (χ3v) is 6.24. The molecule has 0 aromatic carbocycles. The van der Waals surface area contributed by atoms with Crippen LogP contribution >= 0.6 is 0 Å². The molecule has 2 saturated heterocycles. The van der Waals surface area contributed by atoms with E-state index in [1.165, 1.54) is 0 Å². The molecular weight excluding hydrogens is 342 g/mol. The van der Waals surface area contributed by atoms with Gasteiger partial charge in [0.15, 0.2) is 9.84 Å². The summed E-state index contributed by atoms with van der Waals surface area (Å²) in [6, 6.07) is 0. The Labute approximate surface area is 152 Å². The average Bonchev–Trinajstić information content (AvgIpc) is 2.45. The molecule has 0 aromatic heterocycles. The van der Waals surface area contributed by atoms with Gasteiger partial charge in [-0.3, -0.25) is 0 Å². The Balaban J connectivity index is 1.69. The lowest BCUT2D eigenvalue weighted by Crippen LogP contribution is -2.46. The Bertz CT molecular complexity index is 521. The van der Waals surface area contributed by atoms with E-state index in [0.29, 0.717) is 13.1 Å². The van der Waals surface area contributed by atoms with Gasteiger partial charge in [-0.25, -0.2) is 13.2 Å². The normalized spacial score (nSPS) is 23.7. The molecule has 2 aliphatic rings. The predicted octanol–water partition coefficient (Wildman–Crippen LogP) is 1.05. The van der Waals surface area contributed by atoms with Crippen molar-refractivity contribution < 1.29 is 17.9 Å². The first-order valence-electron chi connectivity index (χ1n) is 9.28. The highest BCUT2D eigenvalue weighted by molar-refractivity contribution is 7.91. The standard InChI is InChI=1S/C17H33N3O4S/c1-17(2,3)24-16(21)20-8-4-6-18(7-5-9-20)10-11-19-12-14-25(22,23)15-13-19/h4-15H2,1-3H3. The van der Waals surface area contributed by atoms with E-state index >= 15 is 0 Å². The number of ether oxygens (including phenoxy) is 1. The maximum Gasteiger partial charge on any atom is 0.410 e. The molecule has 0 unspecified atom stereocenters. The van der Waals surface area contributed by atoms with Crippen molar-refractivity contribution >= 4 is 15.9 Å².